The number of fused-ring (bicyclic) bond motifs is 2. The molecule has 3 nitrogen and oxygen atoms in total. The van der Waals surface area contributed by atoms with Crippen molar-refractivity contribution in [3.05, 3.63) is 0 Å². The summed E-state index contributed by atoms with van der Waals surface area (Å²) in [6, 6.07) is 3.20. The van der Waals surface area contributed by atoms with Crippen molar-refractivity contribution in [3.8, 4) is 0 Å². The van der Waals surface area contributed by atoms with E-state index in [1.165, 1.54) is 52.0 Å². The summed E-state index contributed by atoms with van der Waals surface area (Å²) < 4.78 is 0. The van der Waals surface area contributed by atoms with Crippen LogP contribution in [0.1, 0.15) is 47.0 Å². The van der Waals surface area contributed by atoms with E-state index in [0.29, 0.717) is 0 Å². The third-order valence-electron chi connectivity index (χ3n) is 5.93. The second-order valence-electron chi connectivity index (χ2n) is 7.86. The molecule has 0 aromatic heterocycles. The molecule has 3 rings (SSSR count). The van der Waals surface area contributed by atoms with Crippen LogP contribution >= 0.6 is 0 Å². The van der Waals surface area contributed by atoms with E-state index in [2.05, 4.69) is 42.4 Å². The molecule has 0 aromatic rings. The van der Waals surface area contributed by atoms with E-state index in [1.54, 1.807) is 0 Å². The fraction of sp³-hybridized carbons (Fsp3) is 1.00. The minimum atomic E-state index is 0.735. The maximum absolute atomic E-state index is 2.82. The van der Waals surface area contributed by atoms with E-state index < -0.39 is 0 Å². The highest BCUT2D eigenvalue weighted by atomic mass is 15.4. The van der Waals surface area contributed by atoms with Crippen LogP contribution in [-0.4, -0.2) is 71.6 Å². The Balaban J connectivity index is 1.45. The predicted molar refractivity (Wildman–Crippen MR) is 85.0 cm³/mol. The summed E-state index contributed by atoms with van der Waals surface area (Å²) in [5.41, 5.74) is 0. The van der Waals surface area contributed by atoms with Gasteiger partial charge in [0, 0.05) is 43.8 Å². The van der Waals surface area contributed by atoms with Crippen molar-refractivity contribution in [2.75, 3.05) is 32.7 Å². The van der Waals surface area contributed by atoms with Crippen molar-refractivity contribution in [1.29, 1.82) is 0 Å². The highest BCUT2D eigenvalue weighted by molar-refractivity contribution is 5.01. The van der Waals surface area contributed by atoms with Gasteiger partial charge in [-0.3, -0.25) is 9.80 Å². The zero-order valence-electron chi connectivity index (χ0n) is 13.9. The van der Waals surface area contributed by atoms with Crippen molar-refractivity contribution in [1.82, 2.24) is 14.7 Å². The van der Waals surface area contributed by atoms with Gasteiger partial charge in [0.2, 0.25) is 0 Å². The van der Waals surface area contributed by atoms with E-state index in [-0.39, 0.29) is 0 Å². The zero-order valence-corrected chi connectivity index (χ0v) is 13.9. The molecule has 2 bridgehead atoms. The third kappa shape index (κ3) is 2.90. The molecule has 3 aliphatic heterocycles. The molecule has 20 heavy (non-hydrogen) atoms. The van der Waals surface area contributed by atoms with Crippen LogP contribution in [0.25, 0.3) is 0 Å². The Morgan fingerprint density at radius 2 is 1.60 bits per heavy atom. The number of hydrogen-bond donors (Lipinski definition) is 0. The molecule has 3 heteroatoms. The quantitative estimate of drug-likeness (QED) is 0.782. The Bertz CT molecular complexity index is 320. The van der Waals surface area contributed by atoms with Gasteiger partial charge in [-0.2, -0.15) is 0 Å². The summed E-state index contributed by atoms with van der Waals surface area (Å²) in [7, 11) is 0. The van der Waals surface area contributed by atoms with Crippen molar-refractivity contribution < 1.29 is 0 Å². The monoisotopic (exact) mass is 279 g/mol. The topological polar surface area (TPSA) is 9.72 Å². The van der Waals surface area contributed by atoms with Crippen LogP contribution in [-0.2, 0) is 0 Å². The SMILES string of the molecule is CC(C)N1CCC(CN2C[C@H]3C[C@@H]2CN3C(C)C)CC1. The number of hydrogen-bond acceptors (Lipinski definition) is 3. The number of piperazine rings is 1. The highest BCUT2D eigenvalue weighted by Gasteiger charge is 2.44. The van der Waals surface area contributed by atoms with E-state index in [9.17, 15) is 0 Å². The maximum Gasteiger partial charge on any atom is 0.0242 e. The number of rotatable bonds is 4. The molecular weight excluding hydrogens is 246 g/mol. The fourth-order valence-electron chi connectivity index (χ4n) is 4.62. The van der Waals surface area contributed by atoms with Gasteiger partial charge < -0.3 is 4.90 Å². The Kier molecular flexibility index (Phi) is 4.40. The second-order valence-corrected chi connectivity index (χ2v) is 7.86. The summed E-state index contributed by atoms with van der Waals surface area (Å²) in [5, 5.41) is 0. The summed E-state index contributed by atoms with van der Waals surface area (Å²) in [6.07, 6.45) is 4.27. The smallest absolute Gasteiger partial charge is 0.0242 e. The van der Waals surface area contributed by atoms with Crippen LogP contribution in [0.15, 0.2) is 0 Å². The Morgan fingerprint density at radius 3 is 2.10 bits per heavy atom. The molecule has 0 aliphatic carbocycles. The first-order chi connectivity index (χ1) is 9.54. The van der Waals surface area contributed by atoms with E-state index in [0.717, 1.165) is 30.1 Å². The first-order valence-electron chi connectivity index (χ1n) is 8.78. The first kappa shape index (κ1) is 14.8. The van der Waals surface area contributed by atoms with Crippen molar-refractivity contribution in [3.63, 3.8) is 0 Å². The normalized spacial score (nSPS) is 33.9. The van der Waals surface area contributed by atoms with Crippen molar-refractivity contribution in [2.45, 2.75) is 71.1 Å². The van der Waals surface area contributed by atoms with Crippen molar-refractivity contribution >= 4 is 0 Å². The molecular formula is C17H33N3. The van der Waals surface area contributed by atoms with Crippen LogP contribution in [0.3, 0.4) is 0 Å². The minimum Gasteiger partial charge on any atom is -0.301 e. The lowest BCUT2D eigenvalue weighted by molar-refractivity contribution is 0.0731. The van der Waals surface area contributed by atoms with Gasteiger partial charge in [0.15, 0.2) is 0 Å². The van der Waals surface area contributed by atoms with Gasteiger partial charge in [0.05, 0.1) is 0 Å². The predicted octanol–water partition coefficient (Wildman–Crippen LogP) is 2.27. The molecule has 3 saturated heterocycles. The summed E-state index contributed by atoms with van der Waals surface area (Å²) >= 11 is 0. The molecule has 0 saturated carbocycles. The van der Waals surface area contributed by atoms with Crippen LogP contribution in [0, 0.1) is 5.92 Å². The van der Waals surface area contributed by atoms with Gasteiger partial charge in [-0.1, -0.05) is 0 Å². The first-order valence-corrected chi connectivity index (χ1v) is 8.78. The number of piperidine rings is 1. The number of nitrogens with zero attached hydrogens (tertiary/aromatic N) is 3. The van der Waals surface area contributed by atoms with Gasteiger partial charge in [-0.25, -0.2) is 0 Å². The van der Waals surface area contributed by atoms with Gasteiger partial charge in [0.25, 0.3) is 0 Å². The van der Waals surface area contributed by atoms with Crippen LogP contribution in [0.4, 0.5) is 0 Å². The fourth-order valence-corrected chi connectivity index (χ4v) is 4.62. The Labute approximate surface area is 125 Å². The Morgan fingerprint density at radius 1 is 0.900 bits per heavy atom. The second kappa shape index (κ2) is 5.94. The van der Waals surface area contributed by atoms with Gasteiger partial charge in [-0.15, -0.1) is 0 Å². The molecule has 0 N–H and O–H groups in total. The largest absolute Gasteiger partial charge is 0.301 e. The molecule has 3 heterocycles. The lowest BCUT2D eigenvalue weighted by Gasteiger charge is -2.40. The Hall–Kier alpha value is -0.120. The van der Waals surface area contributed by atoms with E-state index in [1.807, 2.05) is 0 Å². The van der Waals surface area contributed by atoms with Gasteiger partial charge in [0.1, 0.15) is 0 Å². The average Bonchev–Trinajstić information content (AvgIpc) is 2.99. The molecule has 2 atom stereocenters. The van der Waals surface area contributed by atoms with E-state index in [4.69, 9.17) is 0 Å². The highest BCUT2D eigenvalue weighted by Crippen LogP contribution is 2.33. The summed E-state index contributed by atoms with van der Waals surface area (Å²) in [6.45, 7) is 16.1. The lowest BCUT2D eigenvalue weighted by atomic mass is 9.95. The van der Waals surface area contributed by atoms with Gasteiger partial charge in [-0.05, 0) is 66.0 Å². The zero-order chi connectivity index (χ0) is 14.3. The molecule has 0 radical (unpaired) electrons. The molecule has 0 amide bonds. The third-order valence-corrected chi connectivity index (χ3v) is 5.93. The number of likely N-dealkylation sites (tertiary alicyclic amines) is 3. The van der Waals surface area contributed by atoms with Crippen molar-refractivity contribution in [2.24, 2.45) is 5.92 Å². The minimum absolute atomic E-state index is 0.735. The summed E-state index contributed by atoms with van der Waals surface area (Å²) in [4.78, 5) is 8.19. The molecule has 3 fully saturated rings. The average molecular weight is 279 g/mol. The van der Waals surface area contributed by atoms with Crippen LogP contribution in [0.2, 0.25) is 0 Å². The summed E-state index contributed by atoms with van der Waals surface area (Å²) in [5.74, 6) is 0.955. The molecule has 0 unspecified atom stereocenters. The lowest BCUT2D eigenvalue weighted by Crippen LogP contribution is -2.50. The van der Waals surface area contributed by atoms with Gasteiger partial charge >= 0.3 is 0 Å². The molecule has 0 aromatic carbocycles. The van der Waals surface area contributed by atoms with Crippen LogP contribution in [0.5, 0.6) is 0 Å². The molecule has 3 aliphatic rings. The maximum atomic E-state index is 2.82. The molecule has 0 spiro atoms. The molecule has 116 valence electrons. The van der Waals surface area contributed by atoms with Crippen LogP contribution < -0.4 is 0 Å². The standard InChI is InChI=1S/C17H33N3/c1-13(2)18-7-5-15(6-8-18)10-19-11-17-9-16(19)12-20(17)14(3)4/h13-17H,5-12H2,1-4H3/t16-,17-/m1/s1. The van der Waals surface area contributed by atoms with E-state index >= 15 is 0 Å².